The van der Waals surface area contributed by atoms with E-state index in [1.54, 1.807) is 18.2 Å². The zero-order chi connectivity index (χ0) is 16.0. The molecule has 0 aliphatic rings. The van der Waals surface area contributed by atoms with Crippen LogP contribution < -0.4 is 10.5 Å². The van der Waals surface area contributed by atoms with Gasteiger partial charge >= 0.3 is 0 Å². The van der Waals surface area contributed by atoms with Crippen molar-refractivity contribution in [3.05, 3.63) is 34.5 Å². The molecule has 7 heteroatoms. The molecule has 21 heavy (non-hydrogen) atoms. The summed E-state index contributed by atoms with van der Waals surface area (Å²) in [4.78, 5) is 0. The Morgan fingerprint density at radius 1 is 1.19 bits per heavy atom. The largest absolute Gasteiger partial charge is 0.504 e. The average molecular weight is 282 g/mol. The Bertz CT molecular complexity index is 742. The number of nitriles is 3. The van der Waals surface area contributed by atoms with Crippen LogP contribution >= 0.6 is 0 Å². The van der Waals surface area contributed by atoms with Gasteiger partial charge in [0.05, 0.1) is 18.4 Å². The summed E-state index contributed by atoms with van der Waals surface area (Å²) in [5, 5.41) is 45.6. The topological polar surface area (TPSA) is 147 Å². The van der Waals surface area contributed by atoms with Crippen LogP contribution in [0, 0.1) is 34.0 Å². The van der Waals surface area contributed by atoms with Gasteiger partial charge in [-0.15, -0.1) is 0 Å². The molecule has 0 atom stereocenters. The number of hydrogen-bond donors (Lipinski definition) is 3. The van der Waals surface area contributed by atoms with Crippen molar-refractivity contribution in [2.45, 2.75) is 0 Å². The Labute approximate surface area is 120 Å². The second-order valence-corrected chi connectivity index (χ2v) is 3.77. The lowest BCUT2D eigenvalue weighted by molar-refractivity contribution is 0.351. The summed E-state index contributed by atoms with van der Waals surface area (Å²) in [6.45, 7) is 0. The number of benzene rings is 1. The fraction of sp³-hybridized carbons (Fsp3) is 0.0714. The minimum Gasteiger partial charge on any atom is -0.504 e. The van der Waals surface area contributed by atoms with E-state index in [2.05, 4.69) is 0 Å². The first-order valence-corrected chi connectivity index (χ1v) is 5.50. The summed E-state index contributed by atoms with van der Waals surface area (Å²) in [6, 6.07) is 7.47. The van der Waals surface area contributed by atoms with Crippen LogP contribution in [0.3, 0.4) is 0 Å². The van der Waals surface area contributed by atoms with Crippen molar-refractivity contribution in [2.24, 2.45) is 5.73 Å². The first-order chi connectivity index (χ1) is 9.98. The highest BCUT2D eigenvalue weighted by atomic mass is 16.5. The van der Waals surface area contributed by atoms with Crippen LogP contribution in [0.2, 0.25) is 0 Å². The molecule has 4 N–H and O–H groups in total. The minimum atomic E-state index is -0.443. The van der Waals surface area contributed by atoms with Crippen molar-refractivity contribution in [3.63, 3.8) is 0 Å². The highest BCUT2D eigenvalue weighted by Gasteiger charge is 2.11. The fourth-order valence-corrected chi connectivity index (χ4v) is 1.47. The van der Waals surface area contributed by atoms with E-state index in [-0.39, 0.29) is 17.0 Å². The summed E-state index contributed by atoms with van der Waals surface area (Å²) in [7, 11) is 1.30. The van der Waals surface area contributed by atoms with Gasteiger partial charge in [-0.25, -0.2) is 0 Å². The number of nitrogens with zero attached hydrogens (tertiary/aromatic N) is 3. The Morgan fingerprint density at radius 3 is 2.29 bits per heavy atom. The molecule has 1 aromatic carbocycles. The van der Waals surface area contributed by atoms with E-state index in [0.717, 1.165) is 0 Å². The number of allylic oxidation sites excluding steroid dienone is 2. The number of hydrogen-bond acceptors (Lipinski definition) is 7. The van der Waals surface area contributed by atoms with E-state index < -0.39 is 17.1 Å². The number of methoxy groups -OCH3 is 1. The molecule has 0 fully saturated rings. The van der Waals surface area contributed by atoms with Crippen LogP contribution in [0.25, 0.3) is 6.08 Å². The molecular weight excluding hydrogens is 272 g/mol. The molecule has 0 amide bonds. The second-order valence-electron chi connectivity index (χ2n) is 3.77. The van der Waals surface area contributed by atoms with E-state index in [1.807, 2.05) is 0 Å². The first-order valence-electron chi connectivity index (χ1n) is 5.50. The summed E-state index contributed by atoms with van der Waals surface area (Å²) >= 11 is 0. The normalized spacial score (nSPS) is 9.90. The molecule has 0 spiro atoms. The van der Waals surface area contributed by atoms with Crippen molar-refractivity contribution in [3.8, 4) is 35.5 Å². The average Bonchev–Trinajstić information content (AvgIpc) is 2.49. The second kappa shape index (κ2) is 6.51. The van der Waals surface area contributed by atoms with Crippen LogP contribution in [0.15, 0.2) is 29.0 Å². The maximum absolute atomic E-state index is 9.55. The molecule has 7 nitrogen and oxygen atoms in total. The fourth-order valence-electron chi connectivity index (χ4n) is 1.47. The predicted octanol–water partition coefficient (Wildman–Crippen LogP) is 1.27. The SMILES string of the molecule is COc1cc(/C=C(/C#N)C(N)=C(C#N)C#N)cc(O)c1O. The predicted molar refractivity (Wildman–Crippen MR) is 72.4 cm³/mol. The highest BCUT2D eigenvalue weighted by molar-refractivity contribution is 5.69. The van der Waals surface area contributed by atoms with Crippen molar-refractivity contribution in [1.29, 1.82) is 15.8 Å². The number of phenolic OH excluding ortho intramolecular Hbond substituents is 2. The van der Waals surface area contributed by atoms with Gasteiger partial charge in [-0.05, 0) is 23.8 Å². The van der Waals surface area contributed by atoms with Gasteiger partial charge < -0.3 is 20.7 Å². The molecule has 0 saturated carbocycles. The van der Waals surface area contributed by atoms with E-state index in [9.17, 15) is 10.2 Å². The van der Waals surface area contributed by atoms with Gasteiger partial charge in [0.25, 0.3) is 0 Å². The van der Waals surface area contributed by atoms with Crippen molar-refractivity contribution in [1.82, 2.24) is 0 Å². The van der Waals surface area contributed by atoms with Crippen LogP contribution in [0.4, 0.5) is 0 Å². The molecular formula is C14H10N4O3. The van der Waals surface area contributed by atoms with E-state index >= 15 is 0 Å². The molecule has 1 rings (SSSR count). The van der Waals surface area contributed by atoms with Crippen LogP contribution in [-0.2, 0) is 0 Å². The minimum absolute atomic E-state index is 0.00174. The molecule has 1 aromatic rings. The Hall–Kier alpha value is -3.63. The van der Waals surface area contributed by atoms with Crippen LogP contribution in [0.1, 0.15) is 5.56 Å². The zero-order valence-corrected chi connectivity index (χ0v) is 11.0. The molecule has 104 valence electrons. The van der Waals surface area contributed by atoms with Gasteiger partial charge in [0.2, 0.25) is 5.75 Å². The molecule has 0 aliphatic heterocycles. The van der Waals surface area contributed by atoms with E-state index in [4.69, 9.17) is 26.3 Å². The number of rotatable bonds is 3. The van der Waals surface area contributed by atoms with Gasteiger partial charge in [-0.2, -0.15) is 15.8 Å². The first kappa shape index (κ1) is 15.4. The van der Waals surface area contributed by atoms with Gasteiger partial charge in [-0.3, -0.25) is 0 Å². The smallest absolute Gasteiger partial charge is 0.200 e. The summed E-state index contributed by atoms with van der Waals surface area (Å²) in [6.07, 6.45) is 1.26. The quantitative estimate of drug-likeness (QED) is 0.429. The number of phenols is 2. The zero-order valence-electron chi connectivity index (χ0n) is 11.0. The Kier molecular flexibility index (Phi) is 4.78. The molecule has 0 aliphatic carbocycles. The van der Waals surface area contributed by atoms with E-state index in [1.165, 1.54) is 25.3 Å². The van der Waals surface area contributed by atoms with Crippen LogP contribution in [0.5, 0.6) is 17.2 Å². The van der Waals surface area contributed by atoms with Crippen LogP contribution in [-0.4, -0.2) is 17.3 Å². The van der Waals surface area contributed by atoms with Crippen molar-refractivity contribution < 1.29 is 14.9 Å². The van der Waals surface area contributed by atoms with Gasteiger partial charge in [0, 0.05) is 0 Å². The number of nitrogens with two attached hydrogens (primary N) is 1. The number of ether oxygens (including phenoxy) is 1. The van der Waals surface area contributed by atoms with E-state index in [0.29, 0.717) is 5.56 Å². The summed E-state index contributed by atoms with van der Waals surface area (Å²) in [5.74, 6) is -0.880. The highest BCUT2D eigenvalue weighted by Crippen LogP contribution is 2.37. The maximum Gasteiger partial charge on any atom is 0.200 e. The third kappa shape index (κ3) is 3.23. The summed E-state index contributed by atoms with van der Waals surface area (Å²) < 4.78 is 4.86. The lowest BCUT2D eigenvalue weighted by Gasteiger charge is -2.07. The van der Waals surface area contributed by atoms with Crippen molar-refractivity contribution >= 4 is 6.08 Å². The third-order valence-corrected chi connectivity index (χ3v) is 2.51. The molecule has 0 aromatic heterocycles. The Morgan fingerprint density at radius 2 is 1.81 bits per heavy atom. The maximum atomic E-state index is 9.55. The molecule has 0 unspecified atom stereocenters. The van der Waals surface area contributed by atoms with Gasteiger partial charge in [0.1, 0.15) is 18.2 Å². The third-order valence-electron chi connectivity index (χ3n) is 2.51. The molecule has 0 heterocycles. The standard InChI is InChI=1S/C14H10N4O3/c1-21-12-4-8(3-11(19)14(12)20)2-9(5-15)13(18)10(6-16)7-17/h2-4,19-20H,18H2,1H3/b9-2-. The lowest BCUT2D eigenvalue weighted by Crippen LogP contribution is -2.03. The monoisotopic (exact) mass is 282 g/mol. The summed E-state index contributed by atoms with van der Waals surface area (Å²) in [5.41, 5.74) is 5.10. The lowest BCUT2D eigenvalue weighted by atomic mass is 10.1. The molecule has 0 radical (unpaired) electrons. The molecule has 0 saturated heterocycles. The Balaban J connectivity index is 3.46. The number of aromatic hydroxyl groups is 2. The van der Waals surface area contributed by atoms with Gasteiger partial charge in [-0.1, -0.05) is 0 Å². The van der Waals surface area contributed by atoms with Gasteiger partial charge in [0.15, 0.2) is 17.1 Å². The molecule has 0 bridgehead atoms. The van der Waals surface area contributed by atoms with Crippen molar-refractivity contribution in [2.75, 3.05) is 7.11 Å².